The van der Waals surface area contributed by atoms with E-state index in [2.05, 4.69) is 15.6 Å². The van der Waals surface area contributed by atoms with Crippen LogP contribution in [0.15, 0.2) is 10.2 Å². The summed E-state index contributed by atoms with van der Waals surface area (Å²) in [5, 5.41) is 15.1. The van der Waals surface area contributed by atoms with Gasteiger partial charge in [-0.15, -0.1) is 0 Å². The van der Waals surface area contributed by atoms with Crippen LogP contribution in [-0.4, -0.2) is 28.1 Å². The summed E-state index contributed by atoms with van der Waals surface area (Å²) in [4.78, 5) is 35.1. The van der Waals surface area contributed by atoms with E-state index in [9.17, 15) is 14.4 Å². The van der Waals surface area contributed by atoms with Crippen molar-refractivity contribution in [3.05, 3.63) is 20.7 Å². The minimum absolute atomic E-state index is 0.153. The van der Waals surface area contributed by atoms with Gasteiger partial charge in [0.25, 0.3) is 0 Å². The Morgan fingerprint density at radius 2 is 2.29 bits per heavy atom. The van der Waals surface area contributed by atoms with Gasteiger partial charge in [-0.05, 0) is 6.42 Å². The molecular formula is C9H13N3O4S. The Labute approximate surface area is 101 Å². The SMILES string of the molecule is CC[C@@H](NC(=O)NCc1csc(=O)[nH]1)C(=O)O. The highest BCUT2D eigenvalue weighted by Crippen LogP contribution is 1.95. The molecule has 94 valence electrons. The van der Waals surface area contributed by atoms with E-state index >= 15 is 0 Å². The van der Waals surface area contributed by atoms with E-state index in [1.54, 1.807) is 12.3 Å². The summed E-state index contributed by atoms with van der Waals surface area (Å²) in [5.41, 5.74) is 0.582. The number of carbonyl (C=O) groups is 2. The zero-order valence-electron chi connectivity index (χ0n) is 9.15. The first-order valence-corrected chi connectivity index (χ1v) is 5.84. The molecule has 2 amide bonds. The maximum Gasteiger partial charge on any atom is 0.326 e. The van der Waals surface area contributed by atoms with Crippen LogP contribution in [0.2, 0.25) is 0 Å². The number of aliphatic carboxylic acids is 1. The van der Waals surface area contributed by atoms with Gasteiger partial charge in [-0.1, -0.05) is 18.3 Å². The fourth-order valence-corrected chi connectivity index (χ4v) is 1.71. The summed E-state index contributed by atoms with van der Waals surface area (Å²) >= 11 is 1.00. The Morgan fingerprint density at radius 3 is 2.76 bits per heavy atom. The molecule has 0 saturated carbocycles. The summed E-state index contributed by atoms with van der Waals surface area (Å²) < 4.78 is 0. The van der Waals surface area contributed by atoms with Gasteiger partial charge in [0.15, 0.2) is 0 Å². The molecule has 0 unspecified atom stereocenters. The Bertz CT molecular complexity index is 453. The number of aromatic nitrogens is 1. The number of amides is 2. The number of urea groups is 1. The second-order valence-corrected chi connectivity index (χ2v) is 4.14. The molecule has 0 aliphatic carbocycles. The number of thiazole rings is 1. The number of rotatable bonds is 5. The molecule has 0 saturated heterocycles. The molecule has 0 aliphatic rings. The molecule has 1 rings (SSSR count). The number of hydrogen-bond acceptors (Lipinski definition) is 4. The third-order valence-corrected chi connectivity index (χ3v) is 2.74. The Balaban J connectivity index is 2.39. The average molecular weight is 259 g/mol. The fraction of sp³-hybridized carbons (Fsp3) is 0.444. The minimum atomic E-state index is -1.08. The average Bonchev–Trinajstić information content (AvgIpc) is 2.68. The fourth-order valence-electron chi connectivity index (χ4n) is 1.12. The van der Waals surface area contributed by atoms with E-state index in [0.29, 0.717) is 12.1 Å². The van der Waals surface area contributed by atoms with Crippen LogP contribution >= 0.6 is 11.3 Å². The largest absolute Gasteiger partial charge is 0.480 e. The Hall–Kier alpha value is -1.83. The predicted octanol–water partition coefficient (Wildman–Crippen LogP) is 0.0988. The van der Waals surface area contributed by atoms with Gasteiger partial charge in [0.1, 0.15) is 6.04 Å². The quantitative estimate of drug-likeness (QED) is 0.600. The number of H-pyrrole nitrogens is 1. The zero-order valence-corrected chi connectivity index (χ0v) is 9.97. The zero-order chi connectivity index (χ0) is 12.8. The highest BCUT2D eigenvalue weighted by Gasteiger charge is 2.16. The van der Waals surface area contributed by atoms with E-state index in [1.807, 2.05) is 0 Å². The van der Waals surface area contributed by atoms with Crippen molar-refractivity contribution >= 4 is 23.3 Å². The van der Waals surface area contributed by atoms with Crippen molar-refractivity contribution in [2.45, 2.75) is 25.9 Å². The molecule has 0 fully saturated rings. The molecule has 1 atom stereocenters. The van der Waals surface area contributed by atoms with Crippen LogP contribution in [0.5, 0.6) is 0 Å². The molecule has 7 nitrogen and oxygen atoms in total. The van der Waals surface area contributed by atoms with Gasteiger partial charge in [0, 0.05) is 11.1 Å². The van der Waals surface area contributed by atoms with Gasteiger partial charge < -0.3 is 20.7 Å². The third kappa shape index (κ3) is 4.27. The first-order chi connectivity index (χ1) is 8.02. The number of nitrogens with one attached hydrogen (secondary N) is 3. The van der Waals surface area contributed by atoms with E-state index in [-0.39, 0.29) is 11.4 Å². The number of carboxylic acid groups (broad SMARTS) is 1. The molecule has 0 aliphatic heterocycles. The van der Waals surface area contributed by atoms with Crippen LogP contribution < -0.4 is 15.5 Å². The molecule has 0 aromatic carbocycles. The number of carboxylic acids is 1. The maximum absolute atomic E-state index is 11.3. The maximum atomic E-state index is 11.3. The standard InChI is InChI=1S/C9H13N3O4S/c1-2-6(7(13)14)12-8(15)10-3-5-4-17-9(16)11-5/h4,6H,2-3H2,1H3,(H,11,16)(H,13,14)(H2,10,12,15)/t6-/m1/s1. The van der Waals surface area contributed by atoms with Gasteiger partial charge in [-0.3, -0.25) is 4.79 Å². The molecule has 1 aromatic rings. The Morgan fingerprint density at radius 1 is 1.59 bits per heavy atom. The molecule has 4 N–H and O–H groups in total. The second kappa shape index (κ2) is 6.04. The lowest BCUT2D eigenvalue weighted by Crippen LogP contribution is -2.45. The summed E-state index contributed by atoms with van der Waals surface area (Å²) in [6.07, 6.45) is 0.304. The van der Waals surface area contributed by atoms with Gasteiger partial charge in [0.05, 0.1) is 6.54 Å². The summed E-state index contributed by atoms with van der Waals surface area (Å²) in [5.74, 6) is -1.08. The number of hydrogen-bond donors (Lipinski definition) is 4. The summed E-state index contributed by atoms with van der Waals surface area (Å²) in [7, 11) is 0. The van der Waals surface area contributed by atoms with E-state index in [0.717, 1.165) is 11.3 Å². The van der Waals surface area contributed by atoms with Crippen LogP contribution in [0.25, 0.3) is 0 Å². The lowest BCUT2D eigenvalue weighted by Gasteiger charge is -2.12. The van der Waals surface area contributed by atoms with Crippen LogP contribution in [-0.2, 0) is 11.3 Å². The molecule has 1 heterocycles. The summed E-state index contributed by atoms with van der Waals surface area (Å²) in [6, 6.07) is -1.48. The number of aromatic amines is 1. The molecular weight excluding hydrogens is 246 g/mol. The van der Waals surface area contributed by atoms with Crippen molar-refractivity contribution in [3.8, 4) is 0 Å². The van der Waals surface area contributed by atoms with Crippen molar-refractivity contribution in [1.82, 2.24) is 15.6 Å². The summed E-state index contributed by atoms with van der Waals surface area (Å²) in [6.45, 7) is 1.82. The highest BCUT2D eigenvalue weighted by atomic mass is 32.1. The van der Waals surface area contributed by atoms with Crippen molar-refractivity contribution in [3.63, 3.8) is 0 Å². The molecule has 8 heteroatoms. The van der Waals surface area contributed by atoms with Gasteiger partial charge in [-0.25, -0.2) is 9.59 Å². The van der Waals surface area contributed by atoms with Crippen molar-refractivity contribution in [1.29, 1.82) is 0 Å². The van der Waals surface area contributed by atoms with Gasteiger partial charge in [-0.2, -0.15) is 0 Å². The lowest BCUT2D eigenvalue weighted by atomic mass is 10.2. The van der Waals surface area contributed by atoms with Crippen LogP contribution in [0.4, 0.5) is 4.79 Å². The topological polar surface area (TPSA) is 111 Å². The molecule has 0 spiro atoms. The van der Waals surface area contributed by atoms with Gasteiger partial charge in [0.2, 0.25) is 0 Å². The second-order valence-electron chi connectivity index (χ2n) is 3.30. The molecule has 1 aromatic heterocycles. The van der Waals surface area contributed by atoms with Crippen molar-refractivity contribution in [2.75, 3.05) is 0 Å². The minimum Gasteiger partial charge on any atom is -0.480 e. The number of carbonyl (C=O) groups excluding carboxylic acids is 1. The van der Waals surface area contributed by atoms with Crippen LogP contribution in [0, 0.1) is 0 Å². The lowest BCUT2D eigenvalue weighted by molar-refractivity contribution is -0.139. The van der Waals surface area contributed by atoms with Crippen LogP contribution in [0.3, 0.4) is 0 Å². The van der Waals surface area contributed by atoms with E-state index in [4.69, 9.17) is 5.11 Å². The molecule has 0 radical (unpaired) electrons. The smallest absolute Gasteiger partial charge is 0.326 e. The first-order valence-electron chi connectivity index (χ1n) is 4.96. The normalized spacial score (nSPS) is 11.8. The van der Waals surface area contributed by atoms with Crippen molar-refractivity contribution in [2.24, 2.45) is 0 Å². The van der Waals surface area contributed by atoms with Crippen molar-refractivity contribution < 1.29 is 14.7 Å². The molecule has 0 bridgehead atoms. The third-order valence-electron chi connectivity index (χ3n) is 2.02. The van der Waals surface area contributed by atoms with E-state index < -0.39 is 18.0 Å². The van der Waals surface area contributed by atoms with E-state index in [1.165, 1.54) is 0 Å². The Kier molecular flexibility index (Phi) is 4.70. The highest BCUT2D eigenvalue weighted by molar-refractivity contribution is 7.07. The van der Waals surface area contributed by atoms with Gasteiger partial charge >= 0.3 is 16.9 Å². The first kappa shape index (κ1) is 13.2. The molecule has 17 heavy (non-hydrogen) atoms. The predicted molar refractivity (Wildman–Crippen MR) is 62.0 cm³/mol. The monoisotopic (exact) mass is 259 g/mol. The van der Waals surface area contributed by atoms with Crippen LogP contribution in [0.1, 0.15) is 19.0 Å².